The van der Waals surface area contributed by atoms with Crippen LogP contribution in [0.3, 0.4) is 0 Å². The zero-order valence-electron chi connectivity index (χ0n) is 12.4. The fourth-order valence-corrected chi connectivity index (χ4v) is 2.93. The van der Waals surface area contributed by atoms with E-state index >= 15 is 0 Å². The molecule has 0 atom stereocenters. The second-order valence-electron chi connectivity index (χ2n) is 5.98. The van der Waals surface area contributed by atoms with Gasteiger partial charge in [0.2, 0.25) is 5.91 Å². The molecule has 0 bridgehead atoms. The van der Waals surface area contributed by atoms with E-state index in [2.05, 4.69) is 5.32 Å². The van der Waals surface area contributed by atoms with Crippen LogP contribution in [0.1, 0.15) is 38.5 Å². The van der Waals surface area contributed by atoms with E-state index in [1.807, 2.05) is 0 Å². The molecule has 0 radical (unpaired) electrons. The first kappa shape index (κ1) is 15.8. The minimum atomic E-state index is -0.141. The Balaban J connectivity index is 1.79. The summed E-state index contributed by atoms with van der Waals surface area (Å²) < 4.78 is 1.53. The van der Waals surface area contributed by atoms with Gasteiger partial charge in [-0.1, -0.05) is 25.3 Å². The van der Waals surface area contributed by atoms with E-state index in [1.165, 1.54) is 17.1 Å². The van der Waals surface area contributed by atoms with Gasteiger partial charge in [-0.15, -0.1) is 0 Å². The molecule has 1 aliphatic carbocycles. The summed E-state index contributed by atoms with van der Waals surface area (Å²) >= 11 is 0. The van der Waals surface area contributed by atoms with Crippen molar-refractivity contribution in [2.75, 3.05) is 13.2 Å². The van der Waals surface area contributed by atoms with Crippen molar-refractivity contribution in [3.8, 4) is 0 Å². The van der Waals surface area contributed by atoms with E-state index < -0.39 is 0 Å². The van der Waals surface area contributed by atoms with Gasteiger partial charge in [0.25, 0.3) is 5.56 Å². The zero-order chi connectivity index (χ0) is 15.1. The molecule has 0 aromatic carbocycles. The Morgan fingerprint density at radius 1 is 1.29 bits per heavy atom. The first-order valence-electron chi connectivity index (χ1n) is 7.68. The van der Waals surface area contributed by atoms with Crippen LogP contribution in [-0.4, -0.2) is 28.7 Å². The highest BCUT2D eigenvalue weighted by Gasteiger charge is 2.31. The maximum Gasteiger partial charge on any atom is 0.250 e. The second-order valence-corrected chi connectivity index (χ2v) is 5.98. The summed E-state index contributed by atoms with van der Waals surface area (Å²) in [5, 5.41) is 12.5. The lowest BCUT2D eigenvalue weighted by Gasteiger charge is -2.35. The molecule has 1 amide bonds. The Kier molecular flexibility index (Phi) is 5.56. The highest BCUT2D eigenvalue weighted by Crippen LogP contribution is 2.35. The maximum atomic E-state index is 11.9. The molecule has 1 heterocycles. The first-order valence-corrected chi connectivity index (χ1v) is 7.68. The van der Waals surface area contributed by atoms with Gasteiger partial charge in [0.15, 0.2) is 0 Å². The summed E-state index contributed by atoms with van der Waals surface area (Å²) in [6.07, 6.45) is 7.37. The third kappa shape index (κ3) is 4.43. The molecule has 1 aromatic rings. The van der Waals surface area contributed by atoms with Gasteiger partial charge in [-0.3, -0.25) is 9.59 Å². The summed E-state index contributed by atoms with van der Waals surface area (Å²) in [5.74, 6) is -0.0656. The lowest BCUT2D eigenvalue weighted by atomic mass is 9.74. The van der Waals surface area contributed by atoms with Gasteiger partial charge in [0, 0.05) is 37.2 Å². The Bertz CT molecular complexity index is 518. The number of aromatic nitrogens is 1. The van der Waals surface area contributed by atoms with Crippen LogP contribution in [0.25, 0.3) is 0 Å². The fraction of sp³-hybridized carbons (Fsp3) is 0.625. The van der Waals surface area contributed by atoms with Gasteiger partial charge in [-0.05, 0) is 18.9 Å². The Morgan fingerprint density at radius 3 is 2.71 bits per heavy atom. The molecular weight excluding hydrogens is 268 g/mol. The number of hydrogen-bond donors (Lipinski definition) is 2. The standard InChI is InChI=1S/C16H24N2O3/c19-13-16(8-3-1-4-9-16)12-17-14(20)7-11-18-10-5-2-6-15(18)21/h2,5-6,10,19H,1,3-4,7-9,11-13H2,(H,17,20). The van der Waals surface area contributed by atoms with E-state index in [1.54, 1.807) is 18.3 Å². The van der Waals surface area contributed by atoms with Crippen molar-refractivity contribution < 1.29 is 9.90 Å². The molecule has 5 heteroatoms. The molecule has 0 saturated heterocycles. The quantitative estimate of drug-likeness (QED) is 0.830. The van der Waals surface area contributed by atoms with Crippen LogP contribution >= 0.6 is 0 Å². The van der Waals surface area contributed by atoms with Crippen molar-refractivity contribution in [1.29, 1.82) is 0 Å². The van der Waals surface area contributed by atoms with E-state index in [0.29, 0.717) is 13.1 Å². The van der Waals surface area contributed by atoms with Gasteiger partial charge in [-0.2, -0.15) is 0 Å². The first-order chi connectivity index (χ1) is 10.2. The molecule has 1 saturated carbocycles. The van der Waals surface area contributed by atoms with Crippen molar-refractivity contribution in [2.24, 2.45) is 5.41 Å². The summed E-state index contributed by atoms with van der Waals surface area (Å²) in [6, 6.07) is 4.95. The van der Waals surface area contributed by atoms with Gasteiger partial charge in [0.1, 0.15) is 0 Å². The molecule has 2 N–H and O–H groups in total. The number of carbonyl (C=O) groups is 1. The van der Waals surface area contributed by atoms with Crippen molar-refractivity contribution >= 4 is 5.91 Å². The molecule has 0 unspecified atom stereocenters. The maximum absolute atomic E-state index is 11.9. The van der Waals surface area contributed by atoms with Gasteiger partial charge in [-0.25, -0.2) is 0 Å². The van der Waals surface area contributed by atoms with E-state index in [-0.39, 0.29) is 29.9 Å². The van der Waals surface area contributed by atoms with Gasteiger partial charge < -0.3 is 15.0 Å². The number of rotatable bonds is 6. The van der Waals surface area contributed by atoms with Crippen molar-refractivity contribution in [3.63, 3.8) is 0 Å². The number of pyridine rings is 1. The average Bonchev–Trinajstić information content (AvgIpc) is 2.53. The van der Waals surface area contributed by atoms with Crippen LogP contribution in [0.2, 0.25) is 0 Å². The molecule has 2 rings (SSSR count). The third-order valence-corrected chi connectivity index (χ3v) is 4.39. The van der Waals surface area contributed by atoms with Crippen LogP contribution in [0, 0.1) is 5.41 Å². The number of nitrogens with one attached hydrogen (secondary N) is 1. The number of aliphatic hydroxyl groups is 1. The Labute approximate surface area is 125 Å². The Hall–Kier alpha value is -1.62. The van der Waals surface area contributed by atoms with Crippen molar-refractivity contribution in [2.45, 2.75) is 45.1 Å². The third-order valence-electron chi connectivity index (χ3n) is 4.39. The predicted octanol–water partition coefficient (Wildman–Crippen LogP) is 1.30. The lowest BCUT2D eigenvalue weighted by molar-refractivity contribution is -0.122. The topological polar surface area (TPSA) is 71.3 Å². The summed E-state index contributed by atoms with van der Waals surface area (Å²) in [4.78, 5) is 23.5. The molecule has 1 aliphatic rings. The monoisotopic (exact) mass is 292 g/mol. The molecule has 1 fully saturated rings. The number of amides is 1. The highest BCUT2D eigenvalue weighted by molar-refractivity contribution is 5.75. The van der Waals surface area contributed by atoms with Gasteiger partial charge in [0.05, 0.1) is 6.61 Å². The average molecular weight is 292 g/mol. The highest BCUT2D eigenvalue weighted by atomic mass is 16.3. The molecule has 0 aliphatic heterocycles. The van der Waals surface area contributed by atoms with Crippen LogP contribution in [0.15, 0.2) is 29.2 Å². The number of aryl methyl sites for hydroxylation is 1. The summed E-state index contributed by atoms with van der Waals surface area (Å²) in [5.41, 5.74) is -0.235. The number of hydrogen-bond acceptors (Lipinski definition) is 3. The summed E-state index contributed by atoms with van der Waals surface area (Å²) in [7, 11) is 0. The smallest absolute Gasteiger partial charge is 0.250 e. The molecule has 116 valence electrons. The molecule has 21 heavy (non-hydrogen) atoms. The SMILES string of the molecule is O=C(CCn1ccccc1=O)NCC1(CO)CCCCC1. The number of aliphatic hydroxyl groups excluding tert-OH is 1. The minimum Gasteiger partial charge on any atom is -0.396 e. The second kappa shape index (κ2) is 7.41. The molecule has 0 spiro atoms. The van der Waals surface area contributed by atoms with Crippen LogP contribution in [-0.2, 0) is 11.3 Å². The minimum absolute atomic E-state index is 0.0656. The van der Waals surface area contributed by atoms with Crippen molar-refractivity contribution in [3.05, 3.63) is 34.7 Å². The summed E-state index contributed by atoms with van der Waals surface area (Å²) in [6.45, 7) is 1.05. The van der Waals surface area contributed by atoms with E-state index in [9.17, 15) is 14.7 Å². The molecule has 1 aromatic heterocycles. The van der Waals surface area contributed by atoms with E-state index in [4.69, 9.17) is 0 Å². The van der Waals surface area contributed by atoms with Gasteiger partial charge >= 0.3 is 0 Å². The Morgan fingerprint density at radius 2 is 2.05 bits per heavy atom. The van der Waals surface area contributed by atoms with E-state index in [0.717, 1.165) is 25.7 Å². The predicted molar refractivity (Wildman–Crippen MR) is 80.9 cm³/mol. The molecular formula is C16H24N2O3. The molecule has 5 nitrogen and oxygen atoms in total. The lowest BCUT2D eigenvalue weighted by Crippen LogP contribution is -2.41. The number of carbonyl (C=O) groups excluding carboxylic acids is 1. The van der Waals surface area contributed by atoms with Crippen LogP contribution in [0.4, 0.5) is 0 Å². The zero-order valence-corrected chi connectivity index (χ0v) is 12.4. The van der Waals surface area contributed by atoms with Crippen molar-refractivity contribution in [1.82, 2.24) is 9.88 Å². The normalized spacial score (nSPS) is 17.4. The number of nitrogens with zero attached hydrogens (tertiary/aromatic N) is 1. The van der Waals surface area contributed by atoms with Crippen LogP contribution in [0.5, 0.6) is 0 Å². The largest absolute Gasteiger partial charge is 0.396 e. The fourth-order valence-electron chi connectivity index (χ4n) is 2.93. The van der Waals surface area contributed by atoms with Crippen LogP contribution < -0.4 is 10.9 Å².